The molecular formula is C14H23NO. The highest BCUT2D eigenvalue weighted by atomic mass is 16.3. The highest BCUT2D eigenvalue weighted by molar-refractivity contribution is 5.25. The van der Waals surface area contributed by atoms with Gasteiger partial charge in [-0.3, -0.25) is 0 Å². The maximum atomic E-state index is 8.90. The minimum absolute atomic E-state index is 0.296. The number of aliphatic hydroxyl groups is 1. The van der Waals surface area contributed by atoms with Crippen molar-refractivity contribution in [1.82, 2.24) is 5.32 Å². The lowest BCUT2D eigenvalue weighted by Crippen LogP contribution is -2.23. The average molecular weight is 221 g/mol. The first-order chi connectivity index (χ1) is 7.77. The van der Waals surface area contributed by atoms with Gasteiger partial charge in [0.15, 0.2) is 0 Å². The Kier molecular flexibility index (Phi) is 6.12. The molecular weight excluding hydrogens is 198 g/mol. The first-order valence-electron chi connectivity index (χ1n) is 6.14. The van der Waals surface area contributed by atoms with Gasteiger partial charge in [-0.1, -0.05) is 37.6 Å². The maximum Gasteiger partial charge on any atom is 0.0434 e. The number of hydrogen-bond donors (Lipinski definition) is 2. The third-order valence-electron chi connectivity index (χ3n) is 3.12. The number of aryl methyl sites for hydroxylation is 1. The lowest BCUT2D eigenvalue weighted by Gasteiger charge is -2.15. The van der Waals surface area contributed by atoms with Gasteiger partial charge in [0.1, 0.15) is 0 Å². The Labute approximate surface area is 98.7 Å². The Morgan fingerprint density at radius 1 is 1.31 bits per heavy atom. The predicted molar refractivity (Wildman–Crippen MR) is 68.4 cm³/mol. The Morgan fingerprint density at radius 2 is 2.06 bits per heavy atom. The van der Waals surface area contributed by atoms with Crippen molar-refractivity contribution in [2.24, 2.45) is 5.92 Å². The molecule has 1 aromatic rings. The van der Waals surface area contributed by atoms with Crippen molar-refractivity contribution >= 4 is 0 Å². The van der Waals surface area contributed by atoms with Gasteiger partial charge in [0.05, 0.1) is 0 Å². The summed E-state index contributed by atoms with van der Waals surface area (Å²) in [6, 6.07) is 8.45. The fraction of sp³-hybridized carbons (Fsp3) is 0.571. The zero-order valence-corrected chi connectivity index (χ0v) is 10.4. The molecule has 0 fully saturated rings. The van der Waals surface area contributed by atoms with Gasteiger partial charge in [0.25, 0.3) is 0 Å². The van der Waals surface area contributed by atoms with Crippen molar-refractivity contribution in [3.8, 4) is 0 Å². The van der Waals surface area contributed by atoms with Crippen LogP contribution in [0.3, 0.4) is 0 Å². The number of benzene rings is 1. The molecule has 2 heteroatoms. The fourth-order valence-corrected chi connectivity index (χ4v) is 1.85. The summed E-state index contributed by atoms with van der Waals surface area (Å²) in [7, 11) is 0. The van der Waals surface area contributed by atoms with Crippen LogP contribution < -0.4 is 5.32 Å². The van der Waals surface area contributed by atoms with Crippen molar-refractivity contribution in [3.05, 3.63) is 35.4 Å². The Hall–Kier alpha value is -0.860. The smallest absolute Gasteiger partial charge is 0.0434 e. The van der Waals surface area contributed by atoms with E-state index in [0.29, 0.717) is 12.5 Å². The van der Waals surface area contributed by atoms with E-state index in [-0.39, 0.29) is 0 Å². The normalized spacial score (nSPS) is 12.7. The van der Waals surface area contributed by atoms with E-state index in [9.17, 15) is 0 Å². The summed E-state index contributed by atoms with van der Waals surface area (Å²) in [5.74, 6) is 0.592. The van der Waals surface area contributed by atoms with E-state index in [1.807, 2.05) is 0 Å². The molecule has 0 radical (unpaired) electrons. The summed E-state index contributed by atoms with van der Waals surface area (Å²) in [4.78, 5) is 0. The van der Waals surface area contributed by atoms with Crippen LogP contribution in [0.1, 0.15) is 30.9 Å². The topological polar surface area (TPSA) is 32.3 Å². The van der Waals surface area contributed by atoms with Crippen molar-refractivity contribution in [1.29, 1.82) is 0 Å². The van der Waals surface area contributed by atoms with Gasteiger partial charge in [-0.2, -0.15) is 0 Å². The second kappa shape index (κ2) is 7.42. The zero-order chi connectivity index (χ0) is 11.8. The zero-order valence-electron chi connectivity index (χ0n) is 10.4. The Bertz CT molecular complexity index is 299. The number of hydrogen-bond acceptors (Lipinski definition) is 2. The van der Waals surface area contributed by atoms with Crippen LogP contribution in [0.2, 0.25) is 0 Å². The standard InChI is InChI=1S/C14H23NO/c1-3-13(8-9-16)10-15-11-14-7-5-4-6-12(14)2/h4-7,13,15-16H,3,8-11H2,1-2H3. The highest BCUT2D eigenvalue weighted by Crippen LogP contribution is 2.08. The summed E-state index contributed by atoms with van der Waals surface area (Å²) in [5, 5.41) is 12.4. The molecule has 1 aromatic carbocycles. The van der Waals surface area contributed by atoms with E-state index >= 15 is 0 Å². The molecule has 0 bridgehead atoms. The highest BCUT2D eigenvalue weighted by Gasteiger charge is 2.05. The second-order valence-electron chi connectivity index (χ2n) is 4.34. The first kappa shape index (κ1) is 13.2. The van der Waals surface area contributed by atoms with Gasteiger partial charge < -0.3 is 10.4 Å². The third kappa shape index (κ3) is 4.33. The van der Waals surface area contributed by atoms with E-state index in [0.717, 1.165) is 25.9 Å². The van der Waals surface area contributed by atoms with Gasteiger partial charge in [0.2, 0.25) is 0 Å². The van der Waals surface area contributed by atoms with Crippen molar-refractivity contribution in [2.45, 2.75) is 33.2 Å². The average Bonchev–Trinajstić information content (AvgIpc) is 2.30. The molecule has 16 heavy (non-hydrogen) atoms. The largest absolute Gasteiger partial charge is 0.396 e. The number of rotatable bonds is 7. The molecule has 1 atom stereocenters. The van der Waals surface area contributed by atoms with Gasteiger partial charge >= 0.3 is 0 Å². The molecule has 90 valence electrons. The van der Waals surface area contributed by atoms with Crippen LogP contribution in [-0.2, 0) is 6.54 Å². The Morgan fingerprint density at radius 3 is 2.69 bits per heavy atom. The minimum atomic E-state index is 0.296. The first-order valence-corrected chi connectivity index (χ1v) is 6.14. The maximum absolute atomic E-state index is 8.90. The molecule has 0 aliphatic rings. The molecule has 1 unspecified atom stereocenters. The molecule has 1 rings (SSSR count). The molecule has 0 amide bonds. The Balaban J connectivity index is 2.32. The van der Waals surface area contributed by atoms with Gasteiger partial charge in [-0.05, 0) is 36.9 Å². The molecule has 2 nitrogen and oxygen atoms in total. The lowest BCUT2D eigenvalue weighted by atomic mass is 10.0. The van der Waals surface area contributed by atoms with Crippen LogP contribution in [0, 0.1) is 12.8 Å². The van der Waals surface area contributed by atoms with Gasteiger partial charge in [-0.25, -0.2) is 0 Å². The number of aliphatic hydroxyl groups excluding tert-OH is 1. The van der Waals surface area contributed by atoms with Crippen LogP contribution >= 0.6 is 0 Å². The quantitative estimate of drug-likeness (QED) is 0.741. The molecule has 0 spiro atoms. The van der Waals surface area contributed by atoms with Crippen LogP contribution in [-0.4, -0.2) is 18.3 Å². The predicted octanol–water partition coefficient (Wildman–Crippen LogP) is 2.49. The summed E-state index contributed by atoms with van der Waals surface area (Å²) in [5.41, 5.74) is 2.70. The summed E-state index contributed by atoms with van der Waals surface area (Å²) < 4.78 is 0. The second-order valence-corrected chi connectivity index (χ2v) is 4.34. The molecule has 0 aliphatic carbocycles. The van der Waals surface area contributed by atoms with E-state index in [2.05, 4.69) is 43.4 Å². The van der Waals surface area contributed by atoms with E-state index in [1.165, 1.54) is 11.1 Å². The van der Waals surface area contributed by atoms with Gasteiger partial charge in [0, 0.05) is 13.2 Å². The molecule has 0 saturated heterocycles. The third-order valence-corrected chi connectivity index (χ3v) is 3.12. The molecule has 2 N–H and O–H groups in total. The monoisotopic (exact) mass is 221 g/mol. The van der Waals surface area contributed by atoms with E-state index < -0.39 is 0 Å². The molecule has 0 aromatic heterocycles. The van der Waals surface area contributed by atoms with Crippen molar-refractivity contribution in [2.75, 3.05) is 13.2 Å². The van der Waals surface area contributed by atoms with Crippen LogP contribution in [0.4, 0.5) is 0 Å². The SMILES string of the molecule is CCC(CCO)CNCc1ccccc1C. The summed E-state index contributed by atoms with van der Waals surface area (Å²) >= 11 is 0. The lowest BCUT2D eigenvalue weighted by molar-refractivity contribution is 0.251. The minimum Gasteiger partial charge on any atom is -0.396 e. The van der Waals surface area contributed by atoms with Gasteiger partial charge in [-0.15, -0.1) is 0 Å². The van der Waals surface area contributed by atoms with Crippen molar-refractivity contribution < 1.29 is 5.11 Å². The molecule has 0 saturated carbocycles. The van der Waals surface area contributed by atoms with E-state index in [4.69, 9.17) is 5.11 Å². The number of nitrogens with one attached hydrogen (secondary N) is 1. The summed E-state index contributed by atoms with van der Waals surface area (Å²) in [6.45, 7) is 6.53. The van der Waals surface area contributed by atoms with Crippen LogP contribution in [0.5, 0.6) is 0 Å². The van der Waals surface area contributed by atoms with Crippen LogP contribution in [0.15, 0.2) is 24.3 Å². The summed E-state index contributed by atoms with van der Waals surface area (Å²) in [6.07, 6.45) is 2.03. The van der Waals surface area contributed by atoms with Crippen molar-refractivity contribution in [3.63, 3.8) is 0 Å². The van der Waals surface area contributed by atoms with Crippen LogP contribution in [0.25, 0.3) is 0 Å². The van der Waals surface area contributed by atoms with E-state index in [1.54, 1.807) is 0 Å². The molecule has 0 heterocycles. The fourth-order valence-electron chi connectivity index (χ4n) is 1.85. The molecule has 0 aliphatic heterocycles.